The molecule has 3 aromatic carbocycles. The van der Waals surface area contributed by atoms with Crippen LogP contribution in [0.4, 0.5) is 5.69 Å². The third-order valence-electron chi connectivity index (χ3n) is 6.24. The first kappa shape index (κ1) is 31.3. The number of benzene rings is 3. The molecule has 214 valence electrons. The lowest BCUT2D eigenvalue weighted by atomic mass is 10.1. The Balaban J connectivity index is 2.09. The lowest BCUT2D eigenvalue weighted by Crippen LogP contribution is -2.52. The number of hydrogen-bond acceptors (Lipinski definition) is 5. The zero-order chi connectivity index (χ0) is 29.3. The van der Waals surface area contributed by atoms with Crippen molar-refractivity contribution in [1.29, 1.82) is 0 Å². The van der Waals surface area contributed by atoms with E-state index in [2.05, 4.69) is 5.32 Å². The molecule has 40 heavy (non-hydrogen) atoms. The van der Waals surface area contributed by atoms with Crippen molar-refractivity contribution in [2.75, 3.05) is 24.5 Å². The van der Waals surface area contributed by atoms with Crippen LogP contribution in [-0.2, 0) is 26.2 Å². The van der Waals surface area contributed by atoms with Crippen LogP contribution in [0.25, 0.3) is 0 Å². The van der Waals surface area contributed by atoms with Gasteiger partial charge in [0.15, 0.2) is 0 Å². The molecule has 0 aliphatic rings. The van der Waals surface area contributed by atoms with Crippen molar-refractivity contribution in [2.45, 2.75) is 44.2 Å². The molecule has 0 radical (unpaired) electrons. The molecule has 0 saturated heterocycles. The zero-order valence-corrected chi connectivity index (χ0v) is 25.0. The first-order chi connectivity index (χ1) is 19.1. The Labute approximate surface area is 245 Å². The maximum atomic E-state index is 14.1. The summed E-state index contributed by atoms with van der Waals surface area (Å²) in [5.41, 5.74) is 0.833. The standard InChI is InChI=1S/C29H33Cl2N3O5S/c1-4-17-32-29(36)25(5-2)33(19-21-15-16-23(30)24(31)18-21)28(35)20-34(26-13-9-10-14-27(26)39-3)40(37,38)22-11-7-6-8-12-22/h6-16,18,25H,4-5,17,19-20H2,1-3H3,(H,32,36)/t25-/m0/s1. The highest BCUT2D eigenvalue weighted by Gasteiger charge is 2.34. The summed E-state index contributed by atoms with van der Waals surface area (Å²) in [4.78, 5) is 28.6. The largest absolute Gasteiger partial charge is 0.495 e. The topological polar surface area (TPSA) is 96.0 Å². The minimum atomic E-state index is -4.20. The molecule has 0 heterocycles. The van der Waals surface area contributed by atoms with Crippen molar-refractivity contribution >= 4 is 50.7 Å². The fourth-order valence-electron chi connectivity index (χ4n) is 4.19. The van der Waals surface area contributed by atoms with E-state index >= 15 is 0 Å². The first-order valence-electron chi connectivity index (χ1n) is 12.9. The van der Waals surface area contributed by atoms with Gasteiger partial charge in [0.2, 0.25) is 11.8 Å². The van der Waals surface area contributed by atoms with E-state index in [9.17, 15) is 18.0 Å². The summed E-state index contributed by atoms with van der Waals surface area (Å²) >= 11 is 12.3. The van der Waals surface area contributed by atoms with Crippen molar-refractivity contribution in [2.24, 2.45) is 0 Å². The van der Waals surface area contributed by atoms with E-state index in [1.54, 1.807) is 67.6 Å². The van der Waals surface area contributed by atoms with E-state index in [-0.39, 0.29) is 28.8 Å². The van der Waals surface area contributed by atoms with Crippen LogP contribution in [0.5, 0.6) is 5.75 Å². The zero-order valence-electron chi connectivity index (χ0n) is 22.6. The highest BCUT2D eigenvalue weighted by atomic mass is 35.5. The van der Waals surface area contributed by atoms with Gasteiger partial charge in [-0.3, -0.25) is 13.9 Å². The molecule has 0 bridgehead atoms. The molecule has 0 aliphatic heterocycles. The first-order valence-corrected chi connectivity index (χ1v) is 15.1. The van der Waals surface area contributed by atoms with Crippen molar-refractivity contribution in [1.82, 2.24) is 10.2 Å². The number of methoxy groups -OCH3 is 1. The van der Waals surface area contributed by atoms with Crippen LogP contribution >= 0.6 is 23.2 Å². The second-order valence-corrected chi connectivity index (χ2v) is 11.7. The maximum Gasteiger partial charge on any atom is 0.264 e. The minimum Gasteiger partial charge on any atom is -0.495 e. The SMILES string of the molecule is CCCNC(=O)[C@H](CC)N(Cc1ccc(Cl)c(Cl)c1)C(=O)CN(c1ccccc1OC)S(=O)(=O)c1ccccc1. The third kappa shape index (κ3) is 7.47. The second-order valence-electron chi connectivity index (χ2n) is 8.98. The molecule has 0 unspecified atom stereocenters. The maximum absolute atomic E-state index is 14.1. The lowest BCUT2D eigenvalue weighted by molar-refractivity contribution is -0.140. The van der Waals surface area contributed by atoms with Gasteiger partial charge in [0.1, 0.15) is 18.3 Å². The van der Waals surface area contributed by atoms with E-state index in [1.807, 2.05) is 6.92 Å². The van der Waals surface area contributed by atoms with Gasteiger partial charge >= 0.3 is 0 Å². The average molecular weight is 607 g/mol. The van der Waals surface area contributed by atoms with E-state index in [1.165, 1.54) is 24.1 Å². The van der Waals surface area contributed by atoms with Crippen LogP contribution in [0.3, 0.4) is 0 Å². The number of rotatable bonds is 13. The smallest absolute Gasteiger partial charge is 0.264 e. The molecule has 0 fully saturated rings. The number of carbonyl (C=O) groups is 2. The molecule has 0 spiro atoms. The average Bonchev–Trinajstić information content (AvgIpc) is 2.96. The number of para-hydroxylation sites is 2. The molecule has 8 nitrogen and oxygen atoms in total. The summed E-state index contributed by atoms with van der Waals surface area (Å²) in [6.45, 7) is 3.61. The molecule has 0 aromatic heterocycles. The molecule has 11 heteroatoms. The van der Waals surface area contributed by atoms with Gasteiger partial charge in [0.25, 0.3) is 10.0 Å². The molecule has 0 saturated carbocycles. The normalized spacial score (nSPS) is 11.9. The Bertz CT molecular complexity index is 1420. The lowest BCUT2D eigenvalue weighted by Gasteiger charge is -2.33. The number of hydrogen-bond donors (Lipinski definition) is 1. The summed E-state index contributed by atoms with van der Waals surface area (Å²) in [6, 6.07) is 18.5. The highest BCUT2D eigenvalue weighted by molar-refractivity contribution is 7.92. The predicted octanol–water partition coefficient (Wildman–Crippen LogP) is 5.53. The van der Waals surface area contributed by atoms with Gasteiger partial charge in [-0.15, -0.1) is 0 Å². The van der Waals surface area contributed by atoms with E-state index in [0.29, 0.717) is 28.6 Å². The predicted molar refractivity (Wildman–Crippen MR) is 158 cm³/mol. The van der Waals surface area contributed by atoms with Crippen LogP contribution in [0.15, 0.2) is 77.7 Å². The van der Waals surface area contributed by atoms with E-state index in [4.69, 9.17) is 27.9 Å². The molecule has 1 atom stereocenters. The Hall–Kier alpha value is -3.27. The fourth-order valence-corrected chi connectivity index (χ4v) is 5.96. The van der Waals surface area contributed by atoms with Gasteiger partial charge < -0.3 is 15.0 Å². The van der Waals surface area contributed by atoms with Crippen molar-refractivity contribution < 1.29 is 22.7 Å². The van der Waals surface area contributed by atoms with E-state index < -0.39 is 28.5 Å². The van der Waals surface area contributed by atoms with Crippen LogP contribution in [0.1, 0.15) is 32.3 Å². The van der Waals surface area contributed by atoms with Gasteiger partial charge in [0, 0.05) is 13.1 Å². The van der Waals surface area contributed by atoms with Crippen LogP contribution in [-0.4, -0.2) is 51.4 Å². The number of anilines is 1. The molecule has 1 N–H and O–H groups in total. The Morgan fingerprint density at radius 3 is 2.25 bits per heavy atom. The van der Waals surface area contributed by atoms with Gasteiger partial charge in [-0.2, -0.15) is 0 Å². The minimum absolute atomic E-state index is 0.0115. The highest BCUT2D eigenvalue weighted by Crippen LogP contribution is 2.32. The van der Waals surface area contributed by atoms with Crippen molar-refractivity contribution in [3.8, 4) is 5.75 Å². The monoisotopic (exact) mass is 605 g/mol. The number of sulfonamides is 1. The second kappa shape index (κ2) is 14.4. The van der Waals surface area contributed by atoms with Crippen LogP contribution < -0.4 is 14.4 Å². The Kier molecular flexibility index (Phi) is 11.2. The van der Waals surface area contributed by atoms with Gasteiger partial charge in [-0.25, -0.2) is 8.42 Å². The van der Waals surface area contributed by atoms with Gasteiger partial charge in [-0.05, 0) is 54.8 Å². The number of amides is 2. The molecular formula is C29H33Cl2N3O5S. The summed E-state index contributed by atoms with van der Waals surface area (Å²) in [5.74, 6) is -0.624. The quantitative estimate of drug-likeness (QED) is 0.276. The molecule has 2 amide bonds. The van der Waals surface area contributed by atoms with E-state index in [0.717, 1.165) is 10.7 Å². The number of nitrogens with zero attached hydrogens (tertiary/aromatic N) is 2. The number of halogens is 2. The van der Waals surface area contributed by atoms with Crippen molar-refractivity contribution in [3.63, 3.8) is 0 Å². The molecular weight excluding hydrogens is 573 g/mol. The number of ether oxygens (including phenoxy) is 1. The van der Waals surface area contributed by atoms with Gasteiger partial charge in [0.05, 0.1) is 27.7 Å². The molecule has 3 aromatic rings. The summed E-state index contributed by atoms with van der Waals surface area (Å²) in [5, 5.41) is 3.51. The van der Waals surface area contributed by atoms with Gasteiger partial charge in [-0.1, -0.05) is 73.4 Å². The van der Waals surface area contributed by atoms with Crippen LogP contribution in [0.2, 0.25) is 10.0 Å². The number of carbonyl (C=O) groups excluding carboxylic acids is 2. The number of nitrogens with one attached hydrogen (secondary N) is 1. The molecule has 3 rings (SSSR count). The Morgan fingerprint density at radius 1 is 0.950 bits per heavy atom. The van der Waals surface area contributed by atoms with Crippen molar-refractivity contribution in [3.05, 3.63) is 88.4 Å². The summed E-state index contributed by atoms with van der Waals surface area (Å²) in [6.07, 6.45) is 1.03. The fraction of sp³-hybridized carbons (Fsp3) is 0.310. The Morgan fingerprint density at radius 2 is 1.62 bits per heavy atom. The third-order valence-corrected chi connectivity index (χ3v) is 8.75. The summed E-state index contributed by atoms with van der Waals surface area (Å²) in [7, 11) is -2.77. The van der Waals surface area contributed by atoms with Crippen LogP contribution in [0, 0.1) is 0 Å². The molecule has 0 aliphatic carbocycles. The summed E-state index contributed by atoms with van der Waals surface area (Å²) < 4.78 is 34.3.